The van der Waals surface area contributed by atoms with Gasteiger partial charge in [-0.2, -0.15) is 0 Å². The van der Waals surface area contributed by atoms with Gasteiger partial charge >= 0.3 is 0 Å². The van der Waals surface area contributed by atoms with Gasteiger partial charge < -0.3 is 10.2 Å². The summed E-state index contributed by atoms with van der Waals surface area (Å²) in [5.41, 5.74) is 1.17. The molecule has 0 radical (unpaired) electrons. The van der Waals surface area contributed by atoms with Gasteiger partial charge in [-0.3, -0.25) is 4.79 Å². The Morgan fingerprint density at radius 2 is 2.38 bits per heavy atom. The van der Waals surface area contributed by atoms with Crippen molar-refractivity contribution >= 4 is 33.2 Å². The lowest BCUT2D eigenvalue weighted by Crippen LogP contribution is -2.35. The quantitative estimate of drug-likeness (QED) is 0.819. The van der Waals surface area contributed by atoms with Crippen LogP contribution in [0.15, 0.2) is 15.2 Å². The highest BCUT2D eigenvalue weighted by atomic mass is 79.9. The summed E-state index contributed by atoms with van der Waals surface area (Å²) in [5.74, 6) is 0.135. The molecular formula is C11H17BrN2OS. The van der Waals surface area contributed by atoms with Crippen molar-refractivity contribution in [1.29, 1.82) is 0 Å². The largest absolute Gasteiger partial charge is 0.340 e. The predicted molar refractivity (Wildman–Crippen MR) is 71.7 cm³/mol. The smallest absolute Gasteiger partial charge is 0.236 e. The molecule has 1 heterocycles. The third-order valence-corrected chi connectivity index (χ3v) is 3.72. The van der Waals surface area contributed by atoms with Crippen LogP contribution in [0.4, 0.5) is 0 Å². The number of amides is 1. The summed E-state index contributed by atoms with van der Waals surface area (Å²) < 4.78 is 1.10. The zero-order chi connectivity index (χ0) is 12.0. The van der Waals surface area contributed by atoms with Crippen molar-refractivity contribution in [3.8, 4) is 0 Å². The van der Waals surface area contributed by atoms with Gasteiger partial charge in [-0.1, -0.05) is 6.92 Å². The van der Waals surface area contributed by atoms with Crippen LogP contribution in [0.2, 0.25) is 0 Å². The van der Waals surface area contributed by atoms with Gasteiger partial charge in [0.2, 0.25) is 5.91 Å². The van der Waals surface area contributed by atoms with Crippen LogP contribution in [-0.2, 0) is 11.3 Å². The molecule has 90 valence electrons. The van der Waals surface area contributed by atoms with Crippen LogP contribution in [0.5, 0.6) is 0 Å². The Labute approximate surface area is 109 Å². The van der Waals surface area contributed by atoms with Gasteiger partial charge in [0.25, 0.3) is 0 Å². The minimum atomic E-state index is 0.135. The summed E-state index contributed by atoms with van der Waals surface area (Å²) >= 11 is 5.06. The number of nitrogens with one attached hydrogen (secondary N) is 1. The van der Waals surface area contributed by atoms with E-state index in [1.165, 1.54) is 5.56 Å². The molecule has 1 aromatic rings. The van der Waals surface area contributed by atoms with Crippen LogP contribution < -0.4 is 5.32 Å². The standard InChI is InChI=1S/C11H17BrN2OS/c1-3-4-13-6-11(15)14(2)7-9-5-10(12)16-8-9/h5,8,13H,3-4,6-7H2,1-2H3. The Balaban J connectivity index is 2.34. The number of rotatable bonds is 6. The fourth-order valence-electron chi connectivity index (χ4n) is 1.30. The Kier molecular flexibility index (Phi) is 6.01. The second-order valence-corrected chi connectivity index (χ2v) is 5.98. The maximum atomic E-state index is 11.7. The molecule has 0 aromatic carbocycles. The number of nitrogens with zero attached hydrogens (tertiary/aromatic N) is 1. The molecule has 0 fully saturated rings. The van der Waals surface area contributed by atoms with Gasteiger partial charge in [-0.05, 0) is 45.9 Å². The molecule has 5 heteroatoms. The average Bonchev–Trinajstić information content (AvgIpc) is 2.64. The van der Waals surface area contributed by atoms with Gasteiger partial charge in [0.1, 0.15) is 0 Å². The summed E-state index contributed by atoms with van der Waals surface area (Å²) in [6.45, 7) is 4.08. The first-order valence-electron chi connectivity index (χ1n) is 5.31. The SMILES string of the molecule is CCCNCC(=O)N(C)Cc1csc(Br)c1. The third kappa shape index (κ3) is 4.63. The fraction of sp³-hybridized carbons (Fsp3) is 0.545. The van der Waals surface area contributed by atoms with Crippen molar-refractivity contribution in [2.24, 2.45) is 0 Å². The lowest BCUT2D eigenvalue weighted by atomic mass is 10.3. The van der Waals surface area contributed by atoms with Crippen LogP contribution in [0.25, 0.3) is 0 Å². The molecule has 3 nitrogen and oxygen atoms in total. The molecule has 1 rings (SSSR count). The number of carbonyl (C=O) groups excluding carboxylic acids is 1. The van der Waals surface area contributed by atoms with Crippen molar-refractivity contribution in [3.05, 3.63) is 20.8 Å². The zero-order valence-electron chi connectivity index (χ0n) is 9.62. The highest BCUT2D eigenvalue weighted by Crippen LogP contribution is 2.21. The Morgan fingerprint density at radius 3 is 2.94 bits per heavy atom. The van der Waals surface area contributed by atoms with E-state index in [1.54, 1.807) is 16.2 Å². The van der Waals surface area contributed by atoms with Crippen LogP contribution in [0, 0.1) is 0 Å². The van der Waals surface area contributed by atoms with E-state index in [0.29, 0.717) is 13.1 Å². The van der Waals surface area contributed by atoms with Crippen LogP contribution in [-0.4, -0.2) is 30.9 Å². The van der Waals surface area contributed by atoms with E-state index in [-0.39, 0.29) is 5.91 Å². The van der Waals surface area contributed by atoms with E-state index in [9.17, 15) is 4.79 Å². The number of likely N-dealkylation sites (N-methyl/N-ethyl adjacent to an activating group) is 1. The molecule has 0 aliphatic rings. The molecule has 1 N–H and O–H groups in total. The third-order valence-electron chi connectivity index (χ3n) is 2.17. The second kappa shape index (κ2) is 7.04. The van der Waals surface area contributed by atoms with Crippen molar-refractivity contribution in [2.45, 2.75) is 19.9 Å². The minimum Gasteiger partial charge on any atom is -0.340 e. The predicted octanol–water partition coefficient (Wildman–Crippen LogP) is 2.47. The minimum absolute atomic E-state index is 0.135. The molecule has 1 aromatic heterocycles. The molecule has 1 amide bonds. The molecule has 16 heavy (non-hydrogen) atoms. The lowest BCUT2D eigenvalue weighted by molar-refractivity contribution is -0.129. The zero-order valence-corrected chi connectivity index (χ0v) is 12.0. The van der Waals surface area contributed by atoms with Crippen LogP contribution >= 0.6 is 27.3 Å². The van der Waals surface area contributed by atoms with Crippen LogP contribution in [0.3, 0.4) is 0 Å². The Hall–Kier alpha value is -0.390. The summed E-state index contributed by atoms with van der Waals surface area (Å²) in [4.78, 5) is 13.4. The number of carbonyl (C=O) groups is 1. The first-order valence-corrected chi connectivity index (χ1v) is 6.98. The monoisotopic (exact) mass is 304 g/mol. The first-order chi connectivity index (χ1) is 7.63. The number of hydrogen-bond donors (Lipinski definition) is 1. The van der Waals surface area contributed by atoms with Gasteiger partial charge in [-0.25, -0.2) is 0 Å². The number of thiophene rings is 1. The van der Waals surface area contributed by atoms with E-state index in [1.807, 2.05) is 13.1 Å². The highest BCUT2D eigenvalue weighted by Gasteiger charge is 2.09. The Bertz CT molecular complexity index is 340. The van der Waals surface area contributed by atoms with Gasteiger partial charge in [-0.15, -0.1) is 11.3 Å². The maximum Gasteiger partial charge on any atom is 0.236 e. The van der Waals surface area contributed by atoms with Crippen molar-refractivity contribution in [3.63, 3.8) is 0 Å². The maximum absolute atomic E-state index is 11.7. The van der Waals surface area contributed by atoms with Crippen LogP contribution in [0.1, 0.15) is 18.9 Å². The highest BCUT2D eigenvalue weighted by molar-refractivity contribution is 9.11. The molecule has 0 spiro atoms. The molecule has 0 saturated heterocycles. The summed E-state index contributed by atoms with van der Waals surface area (Å²) in [7, 11) is 1.83. The molecule has 0 bridgehead atoms. The van der Waals surface area contributed by atoms with Crippen molar-refractivity contribution in [2.75, 3.05) is 20.1 Å². The van der Waals surface area contributed by atoms with E-state index in [2.05, 4.69) is 33.6 Å². The molecule has 0 atom stereocenters. The van der Waals surface area contributed by atoms with Gasteiger partial charge in [0.15, 0.2) is 0 Å². The van der Waals surface area contributed by atoms with E-state index >= 15 is 0 Å². The molecular weight excluding hydrogens is 288 g/mol. The van der Waals surface area contributed by atoms with Crippen molar-refractivity contribution in [1.82, 2.24) is 10.2 Å². The first kappa shape index (κ1) is 13.7. The van der Waals surface area contributed by atoms with Gasteiger partial charge in [0.05, 0.1) is 10.3 Å². The molecule has 0 saturated carbocycles. The van der Waals surface area contributed by atoms with E-state index < -0.39 is 0 Å². The van der Waals surface area contributed by atoms with E-state index in [4.69, 9.17) is 0 Å². The second-order valence-electron chi connectivity index (χ2n) is 3.69. The topological polar surface area (TPSA) is 32.3 Å². The van der Waals surface area contributed by atoms with Crippen molar-refractivity contribution < 1.29 is 4.79 Å². The number of hydrogen-bond acceptors (Lipinski definition) is 3. The summed E-state index contributed by atoms with van der Waals surface area (Å²) in [6.07, 6.45) is 1.05. The summed E-state index contributed by atoms with van der Waals surface area (Å²) in [5, 5.41) is 5.17. The Morgan fingerprint density at radius 1 is 1.62 bits per heavy atom. The molecule has 0 aliphatic carbocycles. The summed E-state index contributed by atoms with van der Waals surface area (Å²) in [6, 6.07) is 2.05. The normalized spacial score (nSPS) is 10.4. The lowest BCUT2D eigenvalue weighted by Gasteiger charge is -2.16. The average molecular weight is 305 g/mol. The molecule has 0 aliphatic heterocycles. The van der Waals surface area contributed by atoms with Gasteiger partial charge in [0, 0.05) is 13.6 Å². The fourth-order valence-corrected chi connectivity index (χ4v) is 2.50. The number of halogens is 1. The molecule has 0 unspecified atom stereocenters. The van der Waals surface area contributed by atoms with E-state index in [0.717, 1.165) is 16.8 Å².